The number of hydrogen-bond donors (Lipinski definition) is 1. The fourth-order valence-corrected chi connectivity index (χ4v) is 2.57. The summed E-state index contributed by atoms with van der Waals surface area (Å²) in [5.74, 6) is 0.693. The smallest absolute Gasteiger partial charge is 0.0625 e. The van der Waals surface area contributed by atoms with Gasteiger partial charge in [0.25, 0.3) is 0 Å². The zero-order valence-electron chi connectivity index (χ0n) is 11.0. The molecule has 1 unspecified atom stereocenters. The van der Waals surface area contributed by atoms with Gasteiger partial charge in [0.15, 0.2) is 0 Å². The topological polar surface area (TPSA) is 47.1 Å². The van der Waals surface area contributed by atoms with Gasteiger partial charge in [0.1, 0.15) is 0 Å². The van der Waals surface area contributed by atoms with Crippen LogP contribution in [-0.4, -0.2) is 34.3 Å². The Labute approximate surface area is 104 Å². The summed E-state index contributed by atoms with van der Waals surface area (Å²) in [7, 11) is 0. The molecule has 1 aliphatic rings. The van der Waals surface area contributed by atoms with Crippen LogP contribution >= 0.6 is 0 Å². The van der Waals surface area contributed by atoms with Gasteiger partial charge in [0.2, 0.25) is 0 Å². The second kappa shape index (κ2) is 5.65. The number of rotatable bonds is 5. The van der Waals surface area contributed by atoms with Crippen LogP contribution in [0, 0.1) is 5.92 Å². The fourth-order valence-electron chi connectivity index (χ4n) is 2.57. The molecule has 0 aromatic carbocycles. The number of nitrogens with zero attached hydrogens (tertiary/aromatic N) is 3. The summed E-state index contributed by atoms with van der Waals surface area (Å²) in [5, 5.41) is 4.59. The van der Waals surface area contributed by atoms with Crippen LogP contribution in [0.25, 0.3) is 0 Å². The van der Waals surface area contributed by atoms with Crippen molar-refractivity contribution in [2.45, 2.75) is 39.8 Å². The fraction of sp³-hybridized carbons (Fsp3) is 0.769. The molecule has 1 saturated heterocycles. The molecule has 2 heterocycles. The maximum Gasteiger partial charge on any atom is 0.0625 e. The Hall–Kier alpha value is -0.870. The van der Waals surface area contributed by atoms with E-state index in [1.807, 2.05) is 0 Å². The van der Waals surface area contributed by atoms with Gasteiger partial charge in [-0.25, -0.2) is 0 Å². The molecule has 0 saturated carbocycles. The average molecular weight is 236 g/mol. The predicted molar refractivity (Wildman–Crippen MR) is 69.7 cm³/mol. The van der Waals surface area contributed by atoms with Crippen LogP contribution in [0.2, 0.25) is 0 Å². The van der Waals surface area contributed by atoms with Crippen molar-refractivity contribution >= 4 is 0 Å². The molecule has 0 spiro atoms. The van der Waals surface area contributed by atoms with Gasteiger partial charge in [0.05, 0.1) is 11.4 Å². The van der Waals surface area contributed by atoms with Crippen molar-refractivity contribution in [3.8, 4) is 0 Å². The normalized spacial score (nSPS) is 21.2. The Balaban J connectivity index is 2.00. The second-order valence-corrected chi connectivity index (χ2v) is 4.92. The molecule has 1 aromatic rings. The molecule has 0 bridgehead atoms. The zero-order chi connectivity index (χ0) is 12.3. The summed E-state index contributed by atoms with van der Waals surface area (Å²) < 4.78 is 2.13. The van der Waals surface area contributed by atoms with E-state index < -0.39 is 0 Å². The Kier molecular flexibility index (Phi) is 4.18. The molecule has 96 valence electrons. The summed E-state index contributed by atoms with van der Waals surface area (Å²) in [5.41, 5.74) is 8.28. The highest BCUT2D eigenvalue weighted by molar-refractivity contribution is 5.10. The third kappa shape index (κ3) is 2.87. The van der Waals surface area contributed by atoms with Crippen LogP contribution in [0.1, 0.15) is 31.7 Å². The third-order valence-electron chi connectivity index (χ3n) is 3.66. The van der Waals surface area contributed by atoms with Gasteiger partial charge in [-0.3, -0.25) is 9.58 Å². The lowest BCUT2D eigenvalue weighted by Gasteiger charge is -2.16. The Bertz CT molecular complexity index is 358. The van der Waals surface area contributed by atoms with E-state index in [1.165, 1.54) is 24.4 Å². The molecule has 1 aliphatic heterocycles. The number of aromatic nitrogens is 2. The van der Waals surface area contributed by atoms with Crippen LogP contribution in [0.3, 0.4) is 0 Å². The minimum atomic E-state index is 0.693. The lowest BCUT2D eigenvalue weighted by atomic mass is 10.1. The Morgan fingerprint density at radius 2 is 2.29 bits per heavy atom. The highest BCUT2D eigenvalue weighted by Crippen LogP contribution is 2.18. The summed E-state index contributed by atoms with van der Waals surface area (Å²) in [4.78, 5) is 2.50. The summed E-state index contributed by atoms with van der Waals surface area (Å²) in [6.07, 6.45) is 2.27. The van der Waals surface area contributed by atoms with E-state index in [1.54, 1.807) is 0 Å². The lowest BCUT2D eigenvalue weighted by Crippen LogP contribution is -2.24. The van der Waals surface area contributed by atoms with Crippen LogP contribution in [-0.2, 0) is 19.5 Å². The summed E-state index contributed by atoms with van der Waals surface area (Å²) in [6.45, 7) is 9.45. The van der Waals surface area contributed by atoms with Gasteiger partial charge < -0.3 is 5.73 Å². The number of likely N-dealkylation sites (tertiary alicyclic amines) is 1. The molecular formula is C13H24N4. The van der Waals surface area contributed by atoms with Crippen molar-refractivity contribution in [1.29, 1.82) is 0 Å². The Morgan fingerprint density at radius 3 is 2.88 bits per heavy atom. The van der Waals surface area contributed by atoms with E-state index in [-0.39, 0.29) is 0 Å². The second-order valence-electron chi connectivity index (χ2n) is 4.92. The molecule has 4 heteroatoms. The highest BCUT2D eigenvalue weighted by atomic mass is 15.3. The first-order valence-electron chi connectivity index (χ1n) is 6.74. The first-order valence-corrected chi connectivity index (χ1v) is 6.74. The lowest BCUT2D eigenvalue weighted by molar-refractivity contribution is 0.306. The molecule has 1 fully saturated rings. The maximum atomic E-state index is 5.73. The van der Waals surface area contributed by atoms with E-state index in [2.05, 4.69) is 34.6 Å². The van der Waals surface area contributed by atoms with Crippen molar-refractivity contribution in [3.05, 3.63) is 17.5 Å². The largest absolute Gasteiger partial charge is 0.330 e. The van der Waals surface area contributed by atoms with Crippen LogP contribution < -0.4 is 5.73 Å². The maximum absolute atomic E-state index is 5.73. The van der Waals surface area contributed by atoms with Gasteiger partial charge in [-0.05, 0) is 44.8 Å². The first-order chi connectivity index (χ1) is 8.26. The van der Waals surface area contributed by atoms with Gasteiger partial charge in [-0.2, -0.15) is 5.10 Å². The standard InChI is InChI=1S/C13H24N4/c1-3-12-7-13(17(4-2)15-12)10-16-6-5-11(8-14)9-16/h7,11H,3-6,8-10,14H2,1-2H3. The average Bonchev–Trinajstić information content (AvgIpc) is 2.95. The highest BCUT2D eigenvalue weighted by Gasteiger charge is 2.22. The minimum absolute atomic E-state index is 0.693. The molecular weight excluding hydrogens is 212 g/mol. The van der Waals surface area contributed by atoms with E-state index in [9.17, 15) is 0 Å². The monoisotopic (exact) mass is 236 g/mol. The van der Waals surface area contributed by atoms with Crippen molar-refractivity contribution < 1.29 is 0 Å². The molecule has 17 heavy (non-hydrogen) atoms. The molecule has 0 radical (unpaired) electrons. The van der Waals surface area contributed by atoms with Crippen molar-refractivity contribution in [2.75, 3.05) is 19.6 Å². The minimum Gasteiger partial charge on any atom is -0.330 e. The third-order valence-corrected chi connectivity index (χ3v) is 3.66. The van der Waals surface area contributed by atoms with Gasteiger partial charge in [-0.1, -0.05) is 6.92 Å². The molecule has 1 aromatic heterocycles. The van der Waals surface area contributed by atoms with Crippen LogP contribution in [0.4, 0.5) is 0 Å². The van der Waals surface area contributed by atoms with Gasteiger partial charge >= 0.3 is 0 Å². The quantitative estimate of drug-likeness (QED) is 0.837. The van der Waals surface area contributed by atoms with Crippen molar-refractivity contribution in [3.63, 3.8) is 0 Å². The molecule has 2 rings (SSSR count). The van der Waals surface area contributed by atoms with E-state index in [0.717, 1.165) is 32.6 Å². The summed E-state index contributed by atoms with van der Waals surface area (Å²) in [6, 6.07) is 2.25. The zero-order valence-corrected chi connectivity index (χ0v) is 11.0. The van der Waals surface area contributed by atoms with E-state index in [4.69, 9.17) is 5.73 Å². The molecule has 4 nitrogen and oxygen atoms in total. The number of hydrogen-bond acceptors (Lipinski definition) is 3. The van der Waals surface area contributed by atoms with Gasteiger partial charge in [-0.15, -0.1) is 0 Å². The molecule has 2 N–H and O–H groups in total. The number of aryl methyl sites for hydroxylation is 2. The van der Waals surface area contributed by atoms with E-state index in [0.29, 0.717) is 5.92 Å². The number of nitrogens with two attached hydrogens (primary N) is 1. The summed E-state index contributed by atoms with van der Waals surface area (Å²) >= 11 is 0. The molecule has 1 atom stereocenters. The van der Waals surface area contributed by atoms with Gasteiger partial charge in [0, 0.05) is 19.6 Å². The van der Waals surface area contributed by atoms with Crippen molar-refractivity contribution in [1.82, 2.24) is 14.7 Å². The van der Waals surface area contributed by atoms with Crippen molar-refractivity contribution in [2.24, 2.45) is 11.7 Å². The Morgan fingerprint density at radius 1 is 1.47 bits per heavy atom. The SMILES string of the molecule is CCc1cc(CN2CCC(CN)C2)n(CC)n1. The molecule has 0 aliphatic carbocycles. The first kappa shape index (κ1) is 12.6. The van der Waals surface area contributed by atoms with Crippen LogP contribution in [0.15, 0.2) is 6.07 Å². The predicted octanol–water partition coefficient (Wildman–Crippen LogP) is 1.25. The molecule has 0 amide bonds. The van der Waals surface area contributed by atoms with Crippen LogP contribution in [0.5, 0.6) is 0 Å². The van der Waals surface area contributed by atoms with E-state index >= 15 is 0 Å².